The zero-order valence-electron chi connectivity index (χ0n) is 29.4. The Morgan fingerprint density at radius 1 is 0.796 bits per heavy atom. The number of carbonyl (C=O) groups excluding carboxylic acids is 5. The molecule has 0 aromatic heterocycles. The maximum absolute atomic E-state index is 14.5. The first-order valence-corrected chi connectivity index (χ1v) is 20.5. The Hall–Kier alpha value is -2.74. The van der Waals surface area contributed by atoms with Crippen LogP contribution in [0.15, 0.2) is 0 Å². The summed E-state index contributed by atoms with van der Waals surface area (Å²) in [5, 5.41) is 11.5. The fraction of sp³-hybridized carbons (Fsp3) is 0.857. The van der Waals surface area contributed by atoms with Gasteiger partial charge in [-0.3, -0.25) is 19.2 Å². The van der Waals surface area contributed by atoms with Crippen molar-refractivity contribution in [2.75, 3.05) is 12.3 Å². The molecule has 276 valence electrons. The molecule has 49 heavy (non-hydrogen) atoms. The SMILES string of the molecule is CCCC(NC(=O)[C@@H]1CCCN1C(=O)[C@@H](NC(=O)NC1(CS(=O)(=O)NC2CCC2)CCCCC1)C1(C)CCCCC1)C(=O)C(=O)NC1CC1. The summed E-state index contributed by atoms with van der Waals surface area (Å²) in [6.45, 7) is 4.22. The van der Waals surface area contributed by atoms with E-state index in [1.807, 2.05) is 13.8 Å². The minimum Gasteiger partial charge on any atom is -0.347 e. The highest BCUT2D eigenvalue weighted by atomic mass is 32.2. The molecule has 0 spiro atoms. The number of amides is 5. The van der Waals surface area contributed by atoms with Crippen molar-refractivity contribution in [1.82, 2.24) is 30.9 Å². The van der Waals surface area contributed by atoms with Gasteiger partial charge in [0.05, 0.1) is 17.3 Å². The number of rotatable bonds is 15. The summed E-state index contributed by atoms with van der Waals surface area (Å²) in [5.41, 5.74) is -1.50. The molecule has 4 saturated carbocycles. The minimum absolute atomic E-state index is 0.0153. The largest absolute Gasteiger partial charge is 0.347 e. The lowest BCUT2D eigenvalue weighted by atomic mass is 9.70. The van der Waals surface area contributed by atoms with Crippen LogP contribution in [0, 0.1) is 5.41 Å². The Labute approximate surface area is 291 Å². The first-order chi connectivity index (χ1) is 23.3. The van der Waals surface area contributed by atoms with Gasteiger partial charge in [0.1, 0.15) is 12.1 Å². The number of nitrogens with zero attached hydrogens (tertiary/aromatic N) is 1. The molecule has 1 aliphatic heterocycles. The summed E-state index contributed by atoms with van der Waals surface area (Å²) >= 11 is 0. The average molecular weight is 707 g/mol. The van der Waals surface area contributed by atoms with E-state index in [9.17, 15) is 32.4 Å². The molecular weight excluding hydrogens is 648 g/mol. The van der Waals surface area contributed by atoms with E-state index in [0.29, 0.717) is 45.1 Å². The average Bonchev–Trinajstić information content (AvgIpc) is 3.71. The second-order valence-corrected chi connectivity index (χ2v) is 17.5. The number of Topliss-reactive ketones (excluding diaryl/α,β-unsaturated/α-hetero) is 1. The predicted octanol–water partition coefficient (Wildman–Crippen LogP) is 2.92. The summed E-state index contributed by atoms with van der Waals surface area (Å²) in [4.78, 5) is 69.1. The number of urea groups is 1. The highest BCUT2D eigenvalue weighted by molar-refractivity contribution is 7.89. The topological polar surface area (TPSA) is 183 Å². The van der Waals surface area contributed by atoms with Crippen LogP contribution in [0.2, 0.25) is 0 Å². The molecule has 0 aromatic rings. The molecule has 5 amide bonds. The molecule has 1 heterocycles. The van der Waals surface area contributed by atoms with Gasteiger partial charge in [0.2, 0.25) is 27.6 Å². The molecule has 5 fully saturated rings. The minimum atomic E-state index is -3.64. The second-order valence-electron chi connectivity index (χ2n) is 15.7. The molecule has 5 aliphatic rings. The first kappa shape index (κ1) is 37.5. The lowest BCUT2D eigenvalue weighted by Crippen LogP contribution is -2.64. The van der Waals surface area contributed by atoms with Gasteiger partial charge in [0.25, 0.3) is 5.91 Å². The molecule has 5 N–H and O–H groups in total. The van der Waals surface area contributed by atoms with Gasteiger partial charge in [0.15, 0.2) is 0 Å². The van der Waals surface area contributed by atoms with Crippen LogP contribution in [0.1, 0.15) is 136 Å². The third-order valence-corrected chi connectivity index (χ3v) is 13.1. The molecule has 3 atom stereocenters. The van der Waals surface area contributed by atoms with Gasteiger partial charge in [-0.1, -0.05) is 65.2 Å². The summed E-state index contributed by atoms with van der Waals surface area (Å²) in [7, 11) is -3.64. The van der Waals surface area contributed by atoms with Crippen molar-refractivity contribution in [3.63, 3.8) is 0 Å². The van der Waals surface area contributed by atoms with Crippen LogP contribution < -0.4 is 26.0 Å². The number of hydrogen-bond donors (Lipinski definition) is 5. The standard InChI is InChI=1S/C35H58N6O7S/c1-3-12-26(28(42)31(44)36-24-16-17-24)37-30(43)27-15-11-22-41(27)32(45)29(34(2)18-6-4-7-19-34)38-33(46)39-35(20-8-5-9-21-35)23-49(47,48)40-25-13-10-14-25/h24-27,29,40H,3-23H2,1-2H3,(H,36,44)(H,37,43)(H2,38,39,46)/t26?,27-,29+/m0/s1. The molecule has 5 rings (SSSR count). The Balaban J connectivity index is 1.30. The fourth-order valence-corrected chi connectivity index (χ4v) is 10.2. The Bertz CT molecular complexity index is 1340. The van der Waals surface area contributed by atoms with Crippen LogP contribution in [0.4, 0.5) is 4.79 Å². The third kappa shape index (κ3) is 9.74. The zero-order valence-corrected chi connectivity index (χ0v) is 30.3. The number of likely N-dealkylation sites (tertiary alicyclic amines) is 1. The Morgan fingerprint density at radius 3 is 2.04 bits per heavy atom. The predicted molar refractivity (Wildman–Crippen MR) is 185 cm³/mol. The van der Waals surface area contributed by atoms with Gasteiger partial charge in [-0.25, -0.2) is 17.9 Å². The normalized spacial score (nSPS) is 24.9. The van der Waals surface area contributed by atoms with Crippen molar-refractivity contribution in [2.45, 2.75) is 172 Å². The molecule has 1 unspecified atom stereocenters. The summed E-state index contributed by atoms with van der Waals surface area (Å²) < 4.78 is 29.2. The summed E-state index contributed by atoms with van der Waals surface area (Å²) in [6, 6.07) is -3.34. The monoisotopic (exact) mass is 706 g/mol. The number of sulfonamides is 1. The van der Waals surface area contributed by atoms with Gasteiger partial charge >= 0.3 is 6.03 Å². The molecule has 0 aromatic carbocycles. The van der Waals surface area contributed by atoms with E-state index in [-0.39, 0.29) is 23.7 Å². The van der Waals surface area contributed by atoms with E-state index in [1.54, 1.807) is 0 Å². The van der Waals surface area contributed by atoms with Crippen LogP contribution >= 0.6 is 0 Å². The van der Waals surface area contributed by atoms with Crippen molar-refractivity contribution in [2.24, 2.45) is 5.41 Å². The molecule has 13 nitrogen and oxygen atoms in total. The van der Waals surface area contributed by atoms with E-state index in [0.717, 1.165) is 83.5 Å². The van der Waals surface area contributed by atoms with Crippen molar-refractivity contribution in [1.29, 1.82) is 0 Å². The van der Waals surface area contributed by atoms with Crippen LogP contribution in [-0.4, -0.2) is 90.9 Å². The number of carbonyl (C=O) groups is 5. The van der Waals surface area contributed by atoms with Crippen LogP contribution in [0.5, 0.6) is 0 Å². The molecule has 1 saturated heterocycles. The van der Waals surface area contributed by atoms with Crippen LogP contribution in [0.3, 0.4) is 0 Å². The fourth-order valence-electron chi connectivity index (χ4n) is 8.25. The Kier molecular flexibility index (Phi) is 12.3. The van der Waals surface area contributed by atoms with Gasteiger partial charge in [-0.2, -0.15) is 0 Å². The van der Waals surface area contributed by atoms with Gasteiger partial charge < -0.3 is 26.2 Å². The zero-order chi connectivity index (χ0) is 35.2. The van der Waals surface area contributed by atoms with E-state index in [2.05, 4.69) is 26.0 Å². The van der Waals surface area contributed by atoms with E-state index >= 15 is 0 Å². The second kappa shape index (κ2) is 16.1. The van der Waals surface area contributed by atoms with E-state index < -0.39 is 62.7 Å². The van der Waals surface area contributed by atoms with Crippen LogP contribution in [-0.2, 0) is 29.2 Å². The van der Waals surface area contributed by atoms with Crippen molar-refractivity contribution in [3.8, 4) is 0 Å². The summed E-state index contributed by atoms with van der Waals surface area (Å²) in [6.07, 6.45) is 14.1. The van der Waals surface area contributed by atoms with Crippen molar-refractivity contribution < 1.29 is 32.4 Å². The van der Waals surface area contributed by atoms with Gasteiger partial charge in [-0.15, -0.1) is 0 Å². The maximum atomic E-state index is 14.5. The number of hydrogen-bond acceptors (Lipinski definition) is 7. The van der Waals surface area contributed by atoms with Crippen LogP contribution in [0.25, 0.3) is 0 Å². The molecule has 14 heteroatoms. The number of nitrogens with one attached hydrogen (secondary N) is 5. The van der Waals surface area contributed by atoms with Gasteiger partial charge in [-0.05, 0) is 76.0 Å². The quantitative estimate of drug-likeness (QED) is 0.162. The molecule has 4 aliphatic carbocycles. The lowest BCUT2D eigenvalue weighted by molar-refractivity contribution is -0.144. The lowest BCUT2D eigenvalue weighted by Gasteiger charge is -2.43. The maximum Gasteiger partial charge on any atom is 0.315 e. The smallest absolute Gasteiger partial charge is 0.315 e. The Morgan fingerprint density at radius 2 is 1.45 bits per heavy atom. The summed E-state index contributed by atoms with van der Waals surface area (Å²) in [5.74, 6) is -2.39. The molecular formula is C35H58N6O7S. The highest BCUT2D eigenvalue weighted by Crippen LogP contribution is 2.40. The van der Waals surface area contributed by atoms with E-state index in [1.165, 1.54) is 4.90 Å². The van der Waals surface area contributed by atoms with E-state index in [4.69, 9.17) is 0 Å². The third-order valence-electron chi connectivity index (χ3n) is 11.5. The van der Waals surface area contributed by atoms with Crippen molar-refractivity contribution >= 4 is 39.6 Å². The molecule has 0 bridgehead atoms. The first-order valence-electron chi connectivity index (χ1n) is 18.9. The van der Waals surface area contributed by atoms with Gasteiger partial charge in [0, 0.05) is 18.6 Å². The van der Waals surface area contributed by atoms with Crippen molar-refractivity contribution in [3.05, 3.63) is 0 Å². The molecule has 0 radical (unpaired) electrons. The highest BCUT2D eigenvalue weighted by Gasteiger charge is 2.48. The number of ketones is 1.